The number of imidazole rings is 1. The molecule has 0 unspecified atom stereocenters. The predicted octanol–water partition coefficient (Wildman–Crippen LogP) is 3.77. The lowest BCUT2D eigenvalue weighted by Gasteiger charge is -2.06. The first-order valence-corrected chi connectivity index (χ1v) is 8.05. The van der Waals surface area contributed by atoms with Gasteiger partial charge in [-0.25, -0.2) is 4.98 Å². The Balaban J connectivity index is 1.71. The van der Waals surface area contributed by atoms with Crippen molar-refractivity contribution in [1.82, 2.24) is 14.9 Å². The van der Waals surface area contributed by atoms with Crippen LogP contribution in [0.4, 0.5) is 0 Å². The normalized spacial score (nSPS) is 10.8. The number of amides is 1. The van der Waals surface area contributed by atoms with Crippen LogP contribution in [0.25, 0.3) is 11.0 Å². The van der Waals surface area contributed by atoms with E-state index in [2.05, 4.69) is 21.8 Å². The monoisotopic (exact) mass is 307 g/mol. The largest absolute Gasteiger partial charge is 0.348 e. The van der Waals surface area contributed by atoms with Gasteiger partial charge in [0, 0.05) is 18.7 Å². The summed E-state index contributed by atoms with van der Waals surface area (Å²) in [5, 5.41) is 2.95. The molecule has 0 fully saturated rings. The number of rotatable bonds is 6. The Hall–Kier alpha value is -2.62. The van der Waals surface area contributed by atoms with E-state index in [9.17, 15) is 4.79 Å². The zero-order valence-electron chi connectivity index (χ0n) is 13.3. The summed E-state index contributed by atoms with van der Waals surface area (Å²) in [6, 6.07) is 15.6. The Labute approximate surface area is 136 Å². The van der Waals surface area contributed by atoms with Crippen molar-refractivity contribution in [2.75, 3.05) is 0 Å². The lowest BCUT2D eigenvalue weighted by atomic mass is 10.1. The van der Waals surface area contributed by atoms with Crippen molar-refractivity contribution in [3.8, 4) is 0 Å². The highest BCUT2D eigenvalue weighted by atomic mass is 16.1. The lowest BCUT2D eigenvalue weighted by Crippen LogP contribution is -2.22. The first-order chi connectivity index (χ1) is 11.3. The highest BCUT2D eigenvalue weighted by Gasteiger charge is 2.09. The molecule has 0 spiro atoms. The fourth-order valence-corrected chi connectivity index (χ4v) is 2.59. The van der Waals surface area contributed by atoms with Gasteiger partial charge >= 0.3 is 0 Å². The van der Waals surface area contributed by atoms with Crippen LogP contribution < -0.4 is 5.32 Å². The second-order valence-electron chi connectivity index (χ2n) is 5.66. The second kappa shape index (κ2) is 7.09. The number of carbonyl (C=O) groups excluding carboxylic acids is 1. The topological polar surface area (TPSA) is 46.9 Å². The van der Waals surface area contributed by atoms with E-state index in [1.165, 1.54) is 0 Å². The number of nitrogens with one attached hydrogen (secondary N) is 1. The van der Waals surface area contributed by atoms with Crippen LogP contribution in [-0.2, 0) is 13.1 Å². The van der Waals surface area contributed by atoms with Crippen LogP contribution in [-0.4, -0.2) is 15.5 Å². The molecule has 118 valence electrons. The molecular formula is C19H21N3O. The molecule has 0 aliphatic heterocycles. The van der Waals surface area contributed by atoms with Gasteiger partial charge in [0.15, 0.2) is 0 Å². The van der Waals surface area contributed by atoms with Gasteiger partial charge in [0.1, 0.15) is 0 Å². The van der Waals surface area contributed by atoms with E-state index < -0.39 is 0 Å². The molecule has 1 aromatic heterocycles. The van der Waals surface area contributed by atoms with Gasteiger partial charge in [0.25, 0.3) is 5.91 Å². The van der Waals surface area contributed by atoms with Crippen LogP contribution >= 0.6 is 0 Å². The van der Waals surface area contributed by atoms with Gasteiger partial charge in [-0.2, -0.15) is 0 Å². The van der Waals surface area contributed by atoms with Gasteiger partial charge in [-0.15, -0.1) is 0 Å². The molecule has 0 aliphatic rings. The van der Waals surface area contributed by atoms with E-state index in [1.807, 2.05) is 54.9 Å². The third-order valence-corrected chi connectivity index (χ3v) is 3.93. The molecule has 1 amide bonds. The smallest absolute Gasteiger partial charge is 0.251 e. The number of hydrogen-bond donors (Lipinski definition) is 1. The first kappa shape index (κ1) is 15.3. The van der Waals surface area contributed by atoms with Crippen molar-refractivity contribution in [1.29, 1.82) is 0 Å². The molecule has 0 atom stereocenters. The molecule has 0 aliphatic carbocycles. The molecule has 1 heterocycles. The minimum atomic E-state index is -0.0705. The maximum atomic E-state index is 12.3. The van der Waals surface area contributed by atoms with E-state index in [4.69, 9.17) is 0 Å². The lowest BCUT2D eigenvalue weighted by molar-refractivity contribution is 0.0951. The molecule has 3 aromatic rings. The Kier molecular flexibility index (Phi) is 4.71. The number of fused-ring (bicyclic) bond motifs is 1. The average molecular weight is 307 g/mol. The fourth-order valence-electron chi connectivity index (χ4n) is 2.59. The number of benzene rings is 2. The Morgan fingerprint density at radius 2 is 2.00 bits per heavy atom. The number of nitrogens with zero attached hydrogens (tertiary/aromatic N) is 2. The minimum Gasteiger partial charge on any atom is -0.348 e. The number of hydrogen-bond acceptors (Lipinski definition) is 2. The van der Waals surface area contributed by atoms with E-state index in [1.54, 1.807) is 0 Å². The van der Waals surface area contributed by atoms with Crippen LogP contribution in [0.15, 0.2) is 54.9 Å². The SMILES string of the molecule is CCCCn1cnc2cc(C(=O)NCc3ccccc3)ccc21. The molecule has 0 bridgehead atoms. The molecule has 3 rings (SSSR count). The minimum absolute atomic E-state index is 0.0705. The van der Waals surface area contributed by atoms with Crippen molar-refractivity contribution >= 4 is 16.9 Å². The van der Waals surface area contributed by atoms with Crippen LogP contribution in [0.2, 0.25) is 0 Å². The first-order valence-electron chi connectivity index (χ1n) is 8.05. The van der Waals surface area contributed by atoms with Gasteiger partial charge < -0.3 is 9.88 Å². The fraction of sp³-hybridized carbons (Fsp3) is 0.263. The van der Waals surface area contributed by atoms with Crippen LogP contribution in [0.1, 0.15) is 35.7 Å². The molecule has 23 heavy (non-hydrogen) atoms. The summed E-state index contributed by atoms with van der Waals surface area (Å²) in [5.41, 5.74) is 3.69. The Morgan fingerprint density at radius 3 is 2.78 bits per heavy atom. The molecule has 0 saturated heterocycles. The molecule has 4 heteroatoms. The van der Waals surface area contributed by atoms with Crippen LogP contribution in [0, 0.1) is 0 Å². The van der Waals surface area contributed by atoms with Gasteiger partial charge in [-0.1, -0.05) is 43.7 Å². The van der Waals surface area contributed by atoms with E-state index in [-0.39, 0.29) is 5.91 Å². The van der Waals surface area contributed by atoms with Crippen molar-refractivity contribution in [3.63, 3.8) is 0 Å². The van der Waals surface area contributed by atoms with E-state index in [0.717, 1.165) is 36.0 Å². The number of carbonyl (C=O) groups is 1. The predicted molar refractivity (Wildman–Crippen MR) is 92.3 cm³/mol. The molecule has 4 nitrogen and oxygen atoms in total. The van der Waals surface area contributed by atoms with Crippen LogP contribution in [0.3, 0.4) is 0 Å². The quantitative estimate of drug-likeness (QED) is 0.753. The zero-order valence-corrected chi connectivity index (χ0v) is 13.3. The van der Waals surface area contributed by atoms with Crippen molar-refractivity contribution < 1.29 is 4.79 Å². The summed E-state index contributed by atoms with van der Waals surface area (Å²) in [4.78, 5) is 16.7. The Morgan fingerprint density at radius 1 is 1.17 bits per heavy atom. The van der Waals surface area contributed by atoms with Crippen molar-refractivity contribution in [2.24, 2.45) is 0 Å². The molecule has 0 radical (unpaired) electrons. The number of unbranched alkanes of at least 4 members (excludes halogenated alkanes) is 1. The standard InChI is InChI=1S/C19H21N3O/c1-2-3-11-22-14-21-17-12-16(9-10-18(17)22)19(23)20-13-15-7-5-4-6-8-15/h4-10,12,14H,2-3,11,13H2,1H3,(H,20,23). The van der Waals surface area contributed by atoms with Gasteiger partial charge in [0.05, 0.1) is 17.4 Å². The summed E-state index contributed by atoms with van der Waals surface area (Å²) in [5.74, 6) is -0.0705. The highest BCUT2D eigenvalue weighted by Crippen LogP contribution is 2.16. The third kappa shape index (κ3) is 3.59. The maximum Gasteiger partial charge on any atom is 0.251 e. The number of aromatic nitrogens is 2. The molecule has 2 aromatic carbocycles. The molecule has 0 saturated carbocycles. The maximum absolute atomic E-state index is 12.3. The van der Waals surface area contributed by atoms with Crippen molar-refractivity contribution in [3.05, 3.63) is 66.0 Å². The zero-order chi connectivity index (χ0) is 16.1. The second-order valence-corrected chi connectivity index (χ2v) is 5.66. The molecular weight excluding hydrogens is 286 g/mol. The summed E-state index contributed by atoms with van der Waals surface area (Å²) < 4.78 is 2.14. The summed E-state index contributed by atoms with van der Waals surface area (Å²) in [6.45, 7) is 3.67. The summed E-state index contributed by atoms with van der Waals surface area (Å²) in [6.07, 6.45) is 4.14. The molecule has 1 N–H and O–H groups in total. The number of aryl methyl sites for hydroxylation is 1. The average Bonchev–Trinajstić information content (AvgIpc) is 3.01. The van der Waals surface area contributed by atoms with Gasteiger partial charge in [-0.05, 0) is 30.2 Å². The Bertz CT molecular complexity index is 793. The van der Waals surface area contributed by atoms with E-state index in [0.29, 0.717) is 12.1 Å². The summed E-state index contributed by atoms with van der Waals surface area (Å²) in [7, 11) is 0. The third-order valence-electron chi connectivity index (χ3n) is 3.93. The summed E-state index contributed by atoms with van der Waals surface area (Å²) >= 11 is 0. The van der Waals surface area contributed by atoms with Gasteiger partial charge in [-0.3, -0.25) is 4.79 Å². The van der Waals surface area contributed by atoms with Gasteiger partial charge in [0.2, 0.25) is 0 Å². The van der Waals surface area contributed by atoms with Crippen molar-refractivity contribution in [2.45, 2.75) is 32.9 Å². The van der Waals surface area contributed by atoms with Crippen LogP contribution in [0.5, 0.6) is 0 Å². The van der Waals surface area contributed by atoms with E-state index >= 15 is 0 Å². The highest BCUT2D eigenvalue weighted by molar-refractivity contribution is 5.97.